The average Bonchev–Trinajstić information content (AvgIpc) is 2.83. The Hall–Kier alpha value is -2.69. The molecule has 0 saturated carbocycles. The zero-order chi connectivity index (χ0) is 24.9. The molecular weight excluding hydrogens is 436 g/mol. The highest BCUT2D eigenvalue weighted by Gasteiger charge is 2.50. The van der Waals surface area contributed by atoms with E-state index in [0.717, 1.165) is 39.9 Å². The minimum absolute atomic E-state index is 0.239. The monoisotopic (exact) mass is 474 g/mol. The summed E-state index contributed by atoms with van der Waals surface area (Å²) >= 11 is 0. The van der Waals surface area contributed by atoms with Crippen LogP contribution in [-0.2, 0) is 11.2 Å². The number of hydrogen-bond acceptors (Lipinski definition) is 3. The van der Waals surface area contributed by atoms with Crippen molar-refractivity contribution in [2.75, 3.05) is 6.61 Å². The van der Waals surface area contributed by atoms with Gasteiger partial charge in [-0.2, -0.15) is 0 Å². The Morgan fingerprint density at radius 1 is 0.912 bits per heavy atom. The van der Waals surface area contributed by atoms with E-state index in [1.165, 1.54) is 5.56 Å². The molecule has 0 atom stereocenters. The summed E-state index contributed by atoms with van der Waals surface area (Å²) in [5.41, 5.74) is 4.84. The van der Waals surface area contributed by atoms with Gasteiger partial charge in [0.1, 0.15) is 0 Å². The molecule has 0 unspecified atom stereocenters. The summed E-state index contributed by atoms with van der Waals surface area (Å²) in [6.45, 7) is 13.0. The maximum atomic E-state index is 12.8. The second kappa shape index (κ2) is 10.7. The van der Waals surface area contributed by atoms with E-state index >= 15 is 0 Å². The average molecular weight is 475 g/mol. The van der Waals surface area contributed by atoms with Crippen LogP contribution in [0.15, 0.2) is 66.7 Å². The number of esters is 1. The Morgan fingerprint density at radius 3 is 1.94 bits per heavy atom. The highest BCUT2D eigenvalue weighted by molar-refractivity contribution is 6.98. The van der Waals surface area contributed by atoms with Crippen LogP contribution in [0.5, 0.6) is 0 Å². The molecule has 0 bridgehead atoms. The predicted octanol–water partition coefficient (Wildman–Crippen LogP) is 5.64. The summed E-state index contributed by atoms with van der Waals surface area (Å²) in [5, 5.41) is 1.62. The van der Waals surface area contributed by atoms with Crippen LogP contribution in [0.1, 0.15) is 66.2 Å². The molecule has 0 fully saturated rings. The molecule has 0 spiro atoms. The van der Waals surface area contributed by atoms with Gasteiger partial charge in [-0.3, -0.25) is 0 Å². The van der Waals surface area contributed by atoms with Gasteiger partial charge in [-0.05, 0) is 71.3 Å². The van der Waals surface area contributed by atoms with Crippen molar-refractivity contribution >= 4 is 24.7 Å². The molecule has 3 aromatic carbocycles. The molecule has 0 aliphatic heterocycles. The summed E-state index contributed by atoms with van der Waals surface area (Å²) in [5.74, 6) is -0.239. The summed E-state index contributed by atoms with van der Waals surface area (Å²) in [6, 6.07) is 22.3. The van der Waals surface area contributed by atoms with E-state index in [2.05, 4.69) is 58.0 Å². The molecule has 0 aromatic heterocycles. The molecule has 3 rings (SSSR count). The molecule has 1 N–H and O–H groups in total. The van der Waals surface area contributed by atoms with Gasteiger partial charge >= 0.3 is 5.97 Å². The second-order valence-corrected chi connectivity index (χ2v) is 13.9. The van der Waals surface area contributed by atoms with Crippen molar-refractivity contribution in [1.82, 2.24) is 0 Å². The maximum Gasteiger partial charge on any atom is 0.338 e. The van der Waals surface area contributed by atoms with E-state index in [9.17, 15) is 9.59 Å². The van der Waals surface area contributed by atoms with Gasteiger partial charge in [0.15, 0.2) is 0 Å². The van der Waals surface area contributed by atoms with Crippen LogP contribution in [-0.4, -0.2) is 25.7 Å². The minimum atomic E-state index is -3.12. The standard InChI is InChI=1S/C30H38O3Si/c1-7-8-19-33-29(31)28-22(2)20-25(23(3)24(28)4)21-30(5,6)34(32,26-15-11-9-12-16-26)27-17-13-10-14-18-27/h9-18,20,32H,7-8,19,21H2,1-6H3. The Balaban J connectivity index is 2.04. The zero-order valence-corrected chi connectivity index (χ0v) is 22.4. The van der Waals surface area contributed by atoms with Crippen LogP contribution >= 0.6 is 0 Å². The van der Waals surface area contributed by atoms with Gasteiger partial charge < -0.3 is 9.53 Å². The van der Waals surface area contributed by atoms with Gasteiger partial charge in [0.25, 0.3) is 8.32 Å². The molecule has 0 aliphatic carbocycles. The van der Waals surface area contributed by atoms with Crippen LogP contribution < -0.4 is 10.4 Å². The smallest absolute Gasteiger partial charge is 0.338 e. The lowest BCUT2D eigenvalue weighted by Crippen LogP contribution is -2.65. The first-order valence-corrected chi connectivity index (χ1v) is 14.2. The number of ether oxygens (including phenoxy) is 1. The highest BCUT2D eigenvalue weighted by atomic mass is 28.4. The quantitative estimate of drug-likeness (QED) is 0.248. The first-order valence-electron chi connectivity index (χ1n) is 12.2. The second-order valence-electron chi connectivity index (χ2n) is 9.97. The SMILES string of the molecule is CCCCOC(=O)c1c(C)cc(CC(C)(C)[Si](O)(c2ccccc2)c2ccccc2)c(C)c1C. The Kier molecular flexibility index (Phi) is 8.16. The normalized spacial score (nSPS) is 12.0. The first kappa shape index (κ1) is 25.9. The van der Waals surface area contributed by atoms with E-state index in [4.69, 9.17) is 4.74 Å². The fourth-order valence-electron chi connectivity index (χ4n) is 4.96. The minimum Gasteiger partial charge on any atom is -0.462 e. The zero-order valence-electron chi connectivity index (χ0n) is 21.4. The number of carbonyl (C=O) groups is 1. The Bertz CT molecular complexity index is 1080. The van der Waals surface area contributed by atoms with Gasteiger partial charge in [-0.1, -0.05) is 93.9 Å². The van der Waals surface area contributed by atoms with Gasteiger partial charge in [-0.25, -0.2) is 4.79 Å². The molecule has 3 aromatic rings. The third-order valence-electron chi connectivity index (χ3n) is 7.13. The summed E-state index contributed by atoms with van der Waals surface area (Å²) in [4.78, 5) is 25.3. The van der Waals surface area contributed by atoms with E-state index in [1.807, 2.05) is 50.2 Å². The molecule has 180 valence electrons. The lowest BCUT2D eigenvalue weighted by molar-refractivity contribution is 0.0498. The van der Waals surface area contributed by atoms with E-state index in [1.54, 1.807) is 0 Å². The number of rotatable bonds is 9. The van der Waals surface area contributed by atoms with E-state index in [-0.39, 0.29) is 5.97 Å². The number of hydrogen-bond donors (Lipinski definition) is 1. The van der Waals surface area contributed by atoms with Crippen molar-refractivity contribution in [3.63, 3.8) is 0 Å². The van der Waals surface area contributed by atoms with Crippen molar-refractivity contribution in [2.45, 2.75) is 65.8 Å². The highest BCUT2D eigenvalue weighted by Crippen LogP contribution is 2.40. The van der Waals surface area contributed by atoms with Gasteiger partial charge in [-0.15, -0.1) is 0 Å². The molecule has 0 saturated heterocycles. The Morgan fingerprint density at radius 2 is 1.44 bits per heavy atom. The number of carbonyl (C=O) groups excluding carboxylic acids is 1. The Labute approximate surface area is 205 Å². The van der Waals surface area contributed by atoms with E-state index in [0.29, 0.717) is 18.6 Å². The fraction of sp³-hybridized carbons (Fsp3) is 0.367. The van der Waals surface area contributed by atoms with Crippen molar-refractivity contribution in [3.8, 4) is 0 Å². The number of aryl methyl sites for hydroxylation is 1. The lowest BCUT2D eigenvalue weighted by Gasteiger charge is -2.42. The van der Waals surface area contributed by atoms with Crippen molar-refractivity contribution < 1.29 is 14.3 Å². The third-order valence-corrected chi connectivity index (χ3v) is 11.6. The van der Waals surface area contributed by atoms with Crippen molar-refractivity contribution in [1.29, 1.82) is 0 Å². The van der Waals surface area contributed by atoms with Crippen LogP contribution in [0.4, 0.5) is 0 Å². The molecule has 0 heterocycles. The van der Waals surface area contributed by atoms with Crippen LogP contribution in [0.2, 0.25) is 5.04 Å². The van der Waals surface area contributed by atoms with Crippen LogP contribution in [0.25, 0.3) is 0 Å². The van der Waals surface area contributed by atoms with E-state index < -0.39 is 13.4 Å². The predicted molar refractivity (Wildman–Crippen MR) is 144 cm³/mol. The van der Waals surface area contributed by atoms with Crippen molar-refractivity contribution in [2.24, 2.45) is 0 Å². The van der Waals surface area contributed by atoms with Gasteiger partial charge in [0, 0.05) is 0 Å². The third kappa shape index (κ3) is 5.03. The van der Waals surface area contributed by atoms with Crippen molar-refractivity contribution in [3.05, 3.63) is 94.5 Å². The van der Waals surface area contributed by atoms with Gasteiger partial charge in [0.2, 0.25) is 0 Å². The van der Waals surface area contributed by atoms with Crippen LogP contribution in [0, 0.1) is 20.8 Å². The molecule has 0 radical (unpaired) electrons. The summed E-state index contributed by atoms with van der Waals surface area (Å²) in [7, 11) is -3.12. The largest absolute Gasteiger partial charge is 0.462 e. The van der Waals surface area contributed by atoms with Crippen LogP contribution in [0.3, 0.4) is 0 Å². The molecule has 34 heavy (non-hydrogen) atoms. The fourth-order valence-corrected chi connectivity index (χ4v) is 8.65. The van der Waals surface area contributed by atoms with Gasteiger partial charge in [0.05, 0.1) is 12.2 Å². The molecule has 3 nitrogen and oxygen atoms in total. The number of unbranched alkanes of at least 4 members (excludes halogenated alkanes) is 1. The molecular formula is C30H38O3Si. The molecule has 0 aliphatic rings. The number of benzene rings is 3. The molecule has 4 heteroatoms. The first-order chi connectivity index (χ1) is 16.1. The topological polar surface area (TPSA) is 46.5 Å². The lowest BCUT2D eigenvalue weighted by atomic mass is 9.89. The maximum absolute atomic E-state index is 12.8. The summed E-state index contributed by atoms with van der Waals surface area (Å²) in [6.07, 6.45) is 2.57. The summed E-state index contributed by atoms with van der Waals surface area (Å²) < 4.78 is 5.52. The molecule has 0 amide bonds.